The van der Waals surface area contributed by atoms with Crippen LogP contribution in [-0.4, -0.2) is 40.2 Å². The van der Waals surface area contributed by atoms with Crippen LogP contribution in [0, 0.1) is 6.92 Å². The van der Waals surface area contributed by atoms with Gasteiger partial charge in [0.2, 0.25) is 0 Å². The minimum Gasteiger partial charge on any atom is -0.480 e. The molecule has 1 aromatic rings. The van der Waals surface area contributed by atoms with E-state index in [1.54, 1.807) is 19.2 Å². The van der Waals surface area contributed by atoms with E-state index in [1.165, 1.54) is 11.1 Å². The van der Waals surface area contributed by atoms with Gasteiger partial charge in [0, 0.05) is 18.1 Å². The van der Waals surface area contributed by atoms with Gasteiger partial charge in [-0.3, -0.25) is 14.6 Å². The minimum atomic E-state index is -1.07. The number of anilines is 1. The smallest absolute Gasteiger partial charge is 0.323 e. The summed E-state index contributed by atoms with van der Waals surface area (Å²) in [6.45, 7) is 1.05. The molecule has 2 N–H and O–H groups in total. The van der Waals surface area contributed by atoms with Crippen molar-refractivity contribution in [2.75, 3.05) is 18.0 Å². The number of rotatable bonds is 5. The number of carbonyl (C=O) groups is 2. The van der Waals surface area contributed by atoms with Crippen LogP contribution in [0.4, 0.5) is 5.69 Å². The molecule has 1 rings (SSSR count). The first-order valence-corrected chi connectivity index (χ1v) is 4.60. The maximum Gasteiger partial charge on any atom is 0.323 e. The molecule has 0 fully saturated rings. The van der Waals surface area contributed by atoms with Crippen molar-refractivity contribution in [3.63, 3.8) is 0 Å². The molecule has 0 radical (unpaired) electrons. The number of hydrogen-bond acceptors (Lipinski definition) is 4. The molecule has 0 spiro atoms. The topological polar surface area (TPSA) is 90.7 Å². The Balaban J connectivity index is 2.96. The summed E-state index contributed by atoms with van der Waals surface area (Å²) in [6.07, 6.45) is 3.06. The van der Waals surface area contributed by atoms with E-state index in [-0.39, 0.29) is 13.1 Å². The van der Waals surface area contributed by atoms with Crippen LogP contribution < -0.4 is 4.90 Å². The maximum atomic E-state index is 10.6. The van der Waals surface area contributed by atoms with Crippen LogP contribution in [0.1, 0.15) is 5.56 Å². The third kappa shape index (κ3) is 3.23. The highest BCUT2D eigenvalue weighted by Crippen LogP contribution is 2.17. The monoisotopic (exact) mass is 224 g/mol. The van der Waals surface area contributed by atoms with Gasteiger partial charge in [0.15, 0.2) is 0 Å². The molecule has 0 unspecified atom stereocenters. The van der Waals surface area contributed by atoms with Crippen molar-refractivity contribution < 1.29 is 19.8 Å². The average molecular weight is 224 g/mol. The molecule has 0 amide bonds. The number of nitrogens with zero attached hydrogens (tertiary/aromatic N) is 2. The van der Waals surface area contributed by atoms with Gasteiger partial charge in [-0.2, -0.15) is 0 Å². The quantitative estimate of drug-likeness (QED) is 0.750. The first-order chi connectivity index (χ1) is 7.50. The molecule has 0 atom stereocenters. The van der Waals surface area contributed by atoms with E-state index in [0.717, 1.165) is 5.56 Å². The van der Waals surface area contributed by atoms with E-state index in [0.29, 0.717) is 5.69 Å². The molecule has 86 valence electrons. The van der Waals surface area contributed by atoms with Crippen molar-refractivity contribution in [2.24, 2.45) is 0 Å². The summed E-state index contributed by atoms with van der Waals surface area (Å²) in [6, 6.07) is 1.60. The number of aromatic nitrogens is 1. The number of aliphatic carboxylic acids is 2. The summed E-state index contributed by atoms with van der Waals surface area (Å²) in [5.74, 6) is -2.14. The lowest BCUT2D eigenvalue weighted by Crippen LogP contribution is -2.34. The summed E-state index contributed by atoms with van der Waals surface area (Å²) in [5.41, 5.74) is 1.31. The second kappa shape index (κ2) is 5.11. The third-order valence-corrected chi connectivity index (χ3v) is 1.98. The Kier molecular flexibility index (Phi) is 3.82. The molecular weight excluding hydrogens is 212 g/mol. The lowest BCUT2D eigenvalue weighted by atomic mass is 10.2. The predicted molar refractivity (Wildman–Crippen MR) is 56.5 cm³/mol. The van der Waals surface area contributed by atoms with E-state index >= 15 is 0 Å². The lowest BCUT2D eigenvalue weighted by Gasteiger charge is -2.22. The molecule has 0 saturated heterocycles. The van der Waals surface area contributed by atoms with Gasteiger partial charge in [0.25, 0.3) is 0 Å². The Labute approximate surface area is 92.1 Å². The largest absolute Gasteiger partial charge is 0.480 e. The standard InChI is InChI=1S/C10H12N2O4/c1-7-4-11-3-2-8(7)12(5-9(13)14)6-10(15)16/h2-4H,5-6H2,1H3,(H,13,14)(H,15,16). The SMILES string of the molecule is Cc1cnccc1N(CC(=O)O)CC(=O)O. The summed E-state index contributed by atoms with van der Waals surface area (Å²) < 4.78 is 0. The summed E-state index contributed by atoms with van der Waals surface area (Å²) in [5, 5.41) is 17.4. The fraction of sp³-hybridized carbons (Fsp3) is 0.300. The average Bonchev–Trinajstić information content (AvgIpc) is 2.15. The highest BCUT2D eigenvalue weighted by Gasteiger charge is 2.15. The second-order valence-corrected chi connectivity index (χ2v) is 3.31. The molecule has 0 saturated carbocycles. The number of carboxylic acids is 2. The Morgan fingerprint density at radius 1 is 1.31 bits per heavy atom. The molecule has 1 heterocycles. The van der Waals surface area contributed by atoms with Gasteiger partial charge in [0.05, 0.1) is 0 Å². The summed E-state index contributed by atoms with van der Waals surface area (Å²) in [7, 11) is 0. The molecule has 0 aliphatic heterocycles. The molecule has 0 aromatic carbocycles. The molecule has 16 heavy (non-hydrogen) atoms. The van der Waals surface area contributed by atoms with Crippen LogP contribution in [0.5, 0.6) is 0 Å². The third-order valence-electron chi connectivity index (χ3n) is 1.98. The first kappa shape index (κ1) is 12.0. The van der Waals surface area contributed by atoms with Crippen molar-refractivity contribution in [3.05, 3.63) is 24.0 Å². The molecule has 0 aliphatic carbocycles. The highest BCUT2D eigenvalue weighted by atomic mass is 16.4. The van der Waals surface area contributed by atoms with Gasteiger partial charge in [-0.05, 0) is 18.6 Å². The van der Waals surface area contributed by atoms with Crippen molar-refractivity contribution in [2.45, 2.75) is 6.92 Å². The number of carboxylic acid groups (broad SMARTS) is 2. The van der Waals surface area contributed by atoms with E-state index < -0.39 is 11.9 Å². The van der Waals surface area contributed by atoms with Crippen LogP contribution in [0.3, 0.4) is 0 Å². The van der Waals surface area contributed by atoms with E-state index in [4.69, 9.17) is 10.2 Å². The molecule has 0 aliphatic rings. The molecule has 1 aromatic heterocycles. The number of hydrogen-bond donors (Lipinski definition) is 2. The number of aryl methyl sites for hydroxylation is 1. The van der Waals surface area contributed by atoms with Crippen molar-refractivity contribution >= 4 is 17.6 Å². The van der Waals surface area contributed by atoms with E-state index in [1.807, 2.05) is 0 Å². The van der Waals surface area contributed by atoms with Crippen LogP contribution in [0.15, 0.2) is 18.5 Å². The zero-order valence-corrected chi connectivity index (χ0v) is 8.75. The fourth-order valence-corrected chi connectivity index (χ4v) is 1.37. The van der Waals surface area contributed by atoms with Crippen LogP contribution >= 0.6 is 0 Å². The maximum absolute atomic E-state index is 10.6. The van der Waals surface area contributed by atoms with Crippen molar-refractivity contribution in [3.8, 4) is 0 Å². The lowest BCUT2D eigenvalue weighted by molar-refractivity contribution is -0.136. The molecule has 6 nitrogen and oxygen atoms in total. The fourth-order valence-electron chi connectivity index (χ4n) is 1.37. The summed E-state index contributed by atoms with van der Waals surface area (Å²) in [4.78, 5) is 26.4. The molecule has 6 heteroatoms. The van der Waals surface area contributed by atoms with E-state index in [9.17, 15) is 9.59 Å². The summed E-state index contributed by atoms with van der Waals surface area (Å²) >= 11 is 0. The molecule has 0 bridgehead atoms. The van der Waals surface area contributed by atoms with Crippen LogP contribution in [0.25, 0.3) is 0 Å². The van der Waals surface area contributed by atoms with Gasteiger partial charge in [-0.1, -0.05) is 0 Å². The zero-order chi connectivity index (χ0) is 12.1. The first-order valence-electron chi connectivity index (χ1n) is 4.60. The Morgan fingerprint density at radius 2 is 1.88 bits per heavy atom. The Hall–Kier alpha value is -2.11. The zero-order valence-electron chi connectivity index (χ0n) is 8.75. The van der Waals surface area contributed by atoms with Gasteiger partial charge < -0.3 is 15.1 Å². The van der Waals surface area contributed by atoms with Crippen molar-refractivity contribution in [1.29, 1.82) is 0 Å². The van der Waals surface area contributed by atoms with E-state index in [2.05, 4.69) is 4.98 Å². The Morgan fingerprint density at radius 3 is 2.31 bits per heavy atom. The highest BCUT2D eigenvalue weighted by molar-refractivity contribution is 5.80. The number of pyridine rings is 1. The Bertz CT molecular complexity index is 390. The molecular formula is C10H12N2O4. The van der Waals surface area contributed by atoms with Gasteiger partial charge in [0.1, 0.15) is 13.1 Å². The van der Waals surface area contributed by atoms with Gasteiger partial charge in [-0.15, -0.1) is 0 Å². The predicted octanol–water partition coefficient (Wildman–Crippen LogP) is 0.366. The van der Waals surface area contributed by atoms with Crippen LogP contribution in [0.2, 0.25) is 0 Å². The van der Waals surface area contributed by atoms with Gasteiger partial charge >= 0.3 is 11.9 Å². The van der Waals surface area contributed by atoms with Gasteiger partial charge in [-0.25, -0.2) is 0 Å². The normalized spacial score (nSPS) is 9.81. The van der Waals surface area contributed by atoms with Crippen LogP contribution in [-0.2, 0) is 9.59 Å². The minimum absolute atomic E-state index is 0.350. The van der Waals surface area contributed by atoms with Crippen molar-refractivity contribution in [1.82, 2.24) is 4.98 Å². The second-order valence-electron chi connectivity index (χ2n) is 3.31.